The number of carbonyl (C=O) groups is 1. The quantitative estimate of drug-likeness (QED) is 0.858. The number of carbonyl (C=O) groups excluding carboxylic acids is 1. The molecule has 0 spiro atoms. The average Bonchev–Trinajstić information content (AvgIpc) is 2.45. The molecule has 2 aromatic heterocycles. The van der Waals surface area contributed by atoms with E-state index in [1.165, 1.54) is 0 Å². The maximum atomic E-state index is 12.5. The molecule has 0 saturated carbocycles. The van der Waals surface area contributed by atoms with Gasteiger partial charge in [0, 0.05) is 25.1 Å². The van der Waals surface area contributed by atoms with Crippen LogP contribution < -0.4 is 0 Å². The fraction of sp³-hybridized carbons (Fsp3) is 0.333. The number of aromatic nitrogens is 3. The Bertz CT molecular complexity index is 592. The summed E-state index contributed by atoms with van der Waals surface area (Å²) in [6.45, 7) is 5.63. The fourth-order valence-corrected chi connectivity index (χ4v) is 2.05. The van der Waals surface area contributed by atoms with Crippen molar-refractivity contribution < 1.29 is 4.79 Å². The van der Waals surface area contributed by atoms with E-state index in [1.54, 1.807) is 37.3 Å². The minimum Gasteiger partial charge on any atom is -0.334 e. The molecule has 2 heterocycles. The van der Waals surface area contributed by atoms with Crippen LogP contribution in [0.2, 0.25) is 0 Å². The van der Waals surface area contributed by atoms with Crippen molar-refractivity contribution in [2.45, 2.75) is 26.8 Å². The monoisotopic (exact) mass is 270 g/mol. The van der Waals surface area contributed by atoms with Crippen molar-refractivity contribution >= 4 is 5.91 Å². The highest BCUT2D eigenvalue weighted by Gasteiger charge is 2.20. The lowest BCUT2D eigenvalue weighted by Gasteiger charge is -2.25. The van der Waals surface area contributed by atoms with Crippen molar-refractivity contribution in [3.8, 4) is 0 Å². The van der Waals surface area contributed by atoms with Crippen molar-refractivity contribution in [2.75, 3.05) is 7.05 Å². The molecule has 0 aliphatic rings. The summed E-state index contributed by atoms with van der Waals surface area (Å²) in [5.74, 6) is 0.501. The van der Waals surface area contributed by atoms with Gasteiger partial charge in [0.15, 0.2) is 0 Å². The molecular weight excluding hydrogens is 252 g/mol. The molecule has 5 heteroatoms. The van der Waals surface area contributed by atoms with E-state index in [1.807, 2.05) is 26.0 Å². The largest absolute Gasteiger partial charge is 0.334 e. The van der Waals surface area contributed by atoms with Crippen molar-refractivity contribution in [1.29, 1.82) is 0 Å². The molecule has 1 amide bonds. The number of aryl methyl sites for hydroxylation is 2. The summed E-state index contributed by atoms with van der Waals surface area (Å²) >= 11 is 0. The number of rotatable bonds is 3. The molecule has 0 saturated heterocycles. The molecule has 104 valence electrons. The van der Waals surface area contributed by atoms with E-state index in [0.29, 0.717) is 11.5 Å². The Morgan fingerprint density at radius 3 is 2.45 bits per heavy atom. The summed E-state index contributed by atoms with van der Waals surface area (Å²) in [4.78, 5) is 26.6. The number of pyridine rings is 1. The molecule has 2 aromatic rings. The molecule has 0 aliphatic heterocycles. The first-order valence-corrected chi connectivity index (χ1v) is 6.48. The predicted molar refractivity (Wildman–Crippen MR) is 76.3 cm³/mol. The Morgan fingerprint density at radius 2 is 1.85 bits per heavy atom. The topological polar surface area (TPSA) is 59.0 Å². The fourth-order valence-electron chi connectivity index (χ4n) is 2.05. The van der Waals surface area contributed by atoms with Gasteiger partial charge in [-0.1, -0.05) is 0 Å². The van der Waals surface area contributed by atoms with Crippen molar-refractivity contribution in [2.24, 2.45) is 0 Å². The van der Waals surface area contributed by atoms with Crippen LogP contribution in [-0.2, 0) is 0 Å². The van der Waals surface area contributed by atoms with Crippen LogP contribution in [0, 0.1) is 13.8 Å². The molecule has 5 nitrogen and oxygen atoms in total. The maximum Gasteiger partial charge on any atom is 0.272 e. The van der Waals surface area contributed by atoms with Gasteiger partial charge in [-0.05, 0) is 44.5 Å². The van der Waals surface area contributed by atoms with Gasteiger partial charge < -0.3 is 4.90 Å². The zero-order valence-corrected chi connectivity index (χ0v) is 12.2. The SMILES string of the molecule is Cc1cc(C(=O)N(C)[C@@H](C)c2ccncc2)nc(C)n1. The van der Waals surface area contributed by atoms with Crippen LogP contribution in [-0.4, -0.2) is 32.8 Å². The molecule has 0 bridgehead atoms. The zero-order chi connectivity index (χ0) is 14.7. The summed E-state index contributed by atoms with van der Waals surface area (Å²) < 4.78 is 0. The summed E-state index contributed by atoms with van der Waals surface area (Å²) in [5.41, 5.74) is 2.27. The van der Waals surface area contributed by atoms with Crippen LogP contribution in [0.1, 0.15) is 40.5 Å². The maximum absolute atomic E-state index is 12.5. The first-order valence-electron chi connectivity index (χ1n) is 6.48. The highest BCUT2D eigenvalue weighted by Crippen LogP contribution is 2.19. The third kappa shape index (κ3) is 2.99. The number of amides is 1. The summed E-state index contributed by atoms with van der Waals surface area (Å²) in [6, 6.07) is 5.49. The Labute approximate surface area is 118 Å². The van der Waals surface area contributed by atoms with Crippen LogP contribution in [0.5, 0.6) is 0 Å². The lowest BCUT2D eigenvalue weighted by atomic mass is 10.1. The van der Waals surface area contributed by atoms with Gasteiger partial charge in [-0.15, -0.1) is 0 Å². The van der Waals surface area contributed by atoms with Crippen molar-refractivity contribution in [1.82, 2.24) is 19.9 Å². The molecule has 20 heavy (non-hydrogen) atoms. The number of nitrogens with zero attached hydrogens (tertiary/aromatic N) is 4. The summed E-state index contributed by atoms with van der Waals surface area (Å²) in [7, 11) is 1.78. The Kier molecular flexibility index (Phi) is 4.08. The van der Waals surface area contributed by atoms with Crippen LogP contribution in [0.4, 0.5) is 0 Å². The van der Waals surface area contributed by atoms with Crippen LogP contribution in [0.3, 0.4) is 0 Å². The molecule has 0 aliphatic carbocycles. The molecule has 0 N–H and O–H groups in total. The summed E-state index contributed by atoms with van der Waals surface area (Å²) in [6.07, 6.45) is 3.45. The van der Waals surface area contributed by atoms with Crippen molar-refractivity contribution in [3.63, 3.8) is 0 Å². The van der Waals surface area contributed by atoms with Gasteiger partial charge in [0.25, 0.3) is 5.91 Å². The molecule has 0 fully saturated rings. The number of hydrogen-bond acceptors (Lipinski definition) is 4. The van der Waals surface area contributed by atoms with Crippen LogP contribution in [0.25, 0.3) is 0 Å². The minimum absolute atomic E-state index is 0.0407. The zero-order valence-electron chi connectivity index (χ0n) is 12.2. The third-order valence-electron chi connectivity index (χ3n) is 3.27. The third-order valence-corrected chi connectivity index (χ3v) is 3.27. The predicted octanol–water partition coefficient (Wildman–Crippen LogP) is 2.32. The highest BCUT2D eigenvalue weighted by molar-refractivity contribution is 5.92. The van der Waals surface area contributed by atoms with Gasteiger partial charge >= 0.3 is 0 Å². The second-order valence-electron chi connectivity index (χ2n) is 4.81. The standard InChI is InChI=1S/C15H18N4O/c1-10-9-14(18-12(3)17-10)15(20)19(4)11(2)13-5-7-16-8-6-13/h5-9,11H,1-4H3/t11-/m0/s1. The van der Waals surface area contributed by atoms with Crippen LogP contribution in [0.15, 0.2) is 30.6 Å². The first kappa shape index (κ1) is 14.1. The van der Waals surface area contributed by atoms with E-state index in [9.17, 15) is 4.79 Å². The van der Waals surface area contributed by atoms with Gasteiger partial charge in [0.05, 0.1) is 6.04 Å². The minimum atomic E-state index is -0.108. The molecule has 0 radical (unpaired) electrons. The molecular formula is C15H18N4O. The first-order chi connectivity index (χ1) is 9.49. The molecule has 2 rings (SSSR count). The van der Waals surface area contributed by atoms with Gasteiger partial charge in [-0.25, -0.2) is 9.97 Å². The van der Waals surface area contributed by atoms with Gasteiger partial charge in [-0.2, -0.15) is 0 Å². The summed E-state index contributed by atoms with van der Waals surface area (Å²) in [5, 5.41) is 0. The van der Waals surface area contributed by atoms with E-state index in [4.69, 9.17) is 0 Å². The molecule has 0 aromatic carbocycles. The van der Waals surface area contributed by atoms with E-state index < -0.39 is 0 Å². The van der Waals surface area contributed by atoms with E-state index in [2.05, 4.69) is 15.0 Å². The second kappa shape index (κ2) is 5.77. The van der Waals surface area contributed by atoms with Gasteiger partial charge in [0.1, 0.15) is 11.5 Å². The molecule has 0 unspecified atom stereocenters. The Balaban J connectivity index is 2.24. The van der Waals surface area contributed by atoms with Crippen LogP contribution >= 0.6 is 0 Å². The van der Waals surface area contributed by atoms with Crippen molar-refractivity contribution in [3.05, 3.63) is 53.4 Å². The highest BCUT2D eigenvalue weighted by atomic mass is 16.2. The lowest BCUT2D eigenvalue weighted by Crippen LogP contribution is -2.30. The Morgan fingerprint density at radius 1 is 1.20 bits per heavy atom. The van der Waals surface area contributed by atoms with E-state index in [-0.39, 0.29) is 11.9 Å². The normalized spacial score (nSPS) is 12.0. The number of hydrogen-bond donors (Lipinski definition) is 0. The second-order valence-corrected chi connectivity index (χ2v) is 4.81. The van der Waals surface area contributed by atoms with E-state index in [0.717, 1.165) is 11.3 Å². The molecule has 1 atom stereocenters. The van der Waals surface area contributed by atoms with E-state index >= 15 is 0 Å². The smallest absolute Gasteiger partial charge is 0.272 e. The Hall–Kier alpha value is -2.30. The van der Waals surface area contributed by atoms with Gasteiger partial charge in [-0.3, -0.25) is 9.78 Å². The lowest BCUT2D eigenvalue weighted by molar-refractivity contribution is 0.0736. The average molecular weight is 270 g/mol. The van der Waals surface area contributed by atoms with Gasteiger partial charge in [0.2, 0.25) is 0 Å².